The number of nitrogens with zero attached hydrogens (tertiary/aromatic N) is 1. The van der Waals surface area contributed by atoms with E-state index in [1.54, 1.807) is 30.7 Å². The molecule has 1 heterocycles. The summed E-state index contributed by atoms with van der Waals surface area (Å²) in [4.78, 5) is 18.9. The average Bonchev–Trinajstić information content (AvgIpc) is 2.97. The fourth-order valence-electron chi connectivity index (χ4n) is 1.72. The lowest BCUT2D eigenvalue weighted by atomic mass is 10.1. The van der Waals surface area contributed by atoms with Crippen molar-refractivity contribution in [3.05, 3.63) is 42.0 Å². The van der Waals surface area contributed by atoms with Crippen LogP contribution in [-0.2, 0) is 6.54 Å². The highest BCUT2D eigenvalue weighted by atomic mass is 16.5. The van der Waals surface area contributed by atoms with Crippen LogP contribution < -0.4 is 14.8 Å². The molecule has 0 aliphatic carbocycles. The molecule has 0 saturated carbocycles. The Labute approximate surface area is 110 Å². The second kappa shape index (κ2) is 5.90. The number of amides is 1. The molecule has 2 aromatic rings. The summed E-state index contributed by atoms with van der Waals surface area (Å²) >= 11 is 0. The van der Waals surface area contributed by atoms with E-state index < -0.39 is 0 Å². The Hall–Kier alpha value is -2.50. The Bertz CT molecular complexity index is 552. The van der Waals surface area contributed by atoms with Crippen molar-refractivity contribution in [2.24, 2.45) is 0 Å². The Morgan fingerprint density at radius 3 is 2.84 bits per heavy atom. The first kappa shape index (κ1) is 12.9. The lowest BCUT2D eigenvalue weighted by Gasteiger charge is -2.12. The SMILES string of the molecule is COc1cccc(C(=O)NCc2cnc[nH]2)c1OC. The van der Waals surface area contributed by atoms with E-state index in [2.05, 4.69) is 15.3 Å². The summed E-state index contributed by atoms with van der Waals surface area (Å²) in [6.07, 6.45) is 3.22. The highest BCUT2D eigenvalue weighted by Crippen LogP contribution is 2.30. The zero-order chi connectivity index (χ0) is 13.7. The molecular formula is C13H15N3O3. The number of hydrogen-bond donors (Lipinski definition) is 2. The molecule has 0 unspecified atom stereocenters. The van der Waals surface area contributed by atoms with Crippen molar-refractivity contribution in [1.29, 1.82) is 0 Å². The zero-order valence-corrected chi connectivity index (χ0v) is 10.8. The molecule has 2 rings (SSSR count). The number of para-hydroxylation sites is 1. The fraction of sp³-hybridized carbons (Fsp3) is 0.231. The molecule has 2 N–H and O–H groups in total. The molecule has 0 aliphatic heterocycles. The van der Waals surface area contributed by atoms with Crippen LogP contribution in [0.4, 0.5) is 0 Å². The van der Waals surface area contributed by atoms with Crippen molar-refractivity contribution >= 4 is 5.91 Å². The minimum absolute atomic E-state index is 0.231. The number of benzene rings is 1. The summed E-state index contributed by atoms with van der Waals surface area (Å²) in [6.45, 7) is 0.374. The van der Waals surface area contributed by atoms with Gasteiger partial charge >= 0.3 is 0 Å². The number of aromatic amines is 1. The van der Waals surface area contributed by atoms with Crippen LogP contribution in [0.1, 0.15) is 16.1 Å². The summed E-state index contributed by atoms with van der Waals surface area (Å²) < 4.78 is 10.4. The first-order valence-corrected chi connectivity index (χ1v) is 5.72. The van der Waals surface area contributed by atoms with Crippen molar-refractivity contribution in [2.45, 2.75) is 6.54 Å². The standard InChI is InChI=1S/C13H15N3O3/c1-18-11-5-3-4-10(12(11)19-2)13(17)15-7-9-6-14-8-16-9/h3-6,8H,7H2,1-2H3,(H,14,16)(H,15,17). The van der Waals surface area contributed by atoms with Gasteiger partial charge in [-0.15, -0.1) is 0 Å². The van der Waals surface area contributed by atoms with E-state index in [1.807, 2.05) is 0 Å². The van der Waals surface area contributed by atoms with Crippen LogP contribution in [-0.4, -0.2) is 30.1 Å². The minimum atomic E-state index is -0.231. The Morgan fingerprint density at radius 2 is 2.21 bits per heavy atom. The minimum Gasteiger partial charge on any atom is -0.493 e. The van der Waals surface area contributed by atoms with Gasteiger partial charge in [0.15, 0.2) is 11.5 Å². The number of carbonyl (C=O) groups excluding carboxylic acids is 1. The number of H-pyrrole nitrogens is 1. The van der Waals surface area contributed by atoms with E-state index in [0.29, 0.717) is 23.6 Å². The smallest absolute Gasteiger partial charge is 0.255 e. The van der Waals surface area contributed by atoms with Crippen LogP contribution >= 0.6 is 0 Å². The van der Waals surface area contributed by atoms with Crippen molar-refractivity contribution < 1.29 is 14.3 Å². The van der Waals surface area contributed by atoms with Gasteiger partial charge in [-0.25, -0.2) is 4.98 Å². The van der Waals surface area contributed by atoms with Crippen molar-refractivity contribution in [1.82, 2.24) is 15.3 Å². The summed E-state index contributed by atoms with van der Waals surface area (Å²) in [5, 5.41) is 2.78. The van der Waals surface area contributed by atoms with E-state index in [1.165, 1.54) is 14.2 Å². The largest absolute Gasteiger partial charge is 0.493 e. The average molecular weight is 261 g/mol. The summed E-state index contributed by atoms with van der Waals surface area (Å²) in [7, 11) is 3.04. The van der Waals surface area contributed by atoms with Crippen LogP contribution in [0.25, 0.3) is 0 Å². The molecule has 0 bridgehead atoms. The molecule has 100 valence electrons. The first-order valence-electron chi connectivity index (χ1n) is 5.72. The number of ether oxygens (including phenoxy) is 2. The molecule has 0 spiro atoms. The zero-order valence-electron chi connectivity index (χ0n) is 10.8. The second-order valence-corrected chi connectivity index (χ2v) is 3.80. The van der Waals surface area contributed by atoms with Crippen LogP contribution in [0.15, 0.2) is 30.7 Å². The van der Waals surface area contributed by atoms with Crippen LogP contribution in [0.3, 0.4) is 0 Å². The van der Waals surface area contributed by atoms with Gasteiger partial charge in [-0.3, -0.25) is 4.79 Å². The number of aromatic nitrogens is 2. The maximum Gasteiger partial charge on any atom is 0.255 e. The van der Waals surface area contributed by atoms with E-state index in [4.69, 9.17) is 9.47 Å². The van der Waals surface area contributed by atoms with Crippen LogP contribution in [0.2, 0.25) is 0 Å². The predicted molar refractivity (Wildman–Crippen MR) is 69.3 cm³/mol. The van der Waals surface area contributed by atoms with Gasteiger partial charge in [-0.05, 0) is 12.1 Å². The number of rotatable bonds is 5. The van der Waals surface area contributed by atoms with Crippen molar-refractivity contribution in [3.63, 3.8) is 0 Å². The maximum atomic E-state index is 12.1. The highest BCUT2D eigenvalue weighted by molar-refractivity contribution is 5.97. The topological polar surface area (TPSA) is 76.2 Å². The molecule has 0 saturated heterocycles. The lowest BCUT2D eigenvalue weighted by molar-refractivity contribution is 0.0946. The Morgan fingerprint density at radius 1 is 1.37 bits per heavy atom. The fourth-order valence-corrected chi connectivity index (χ4v) is 1.72. The van der Waals surface area contributed by atoms with Gasteiger partial charge in [0.2, 0.25) is 0 Å². The number of nitrogens with one attached hydrogen (secondary N) is 2. The van der Waals surface area contributed by atoms with E-state index in [-0.39, 0.29) is 5.91 Å². The third kappa shape index (κ3) is 2.85. The monoisotopic (exact) mass is 261 g/mol. The molecule has 0 atom stereocenters. The third-order valence-electron chi connectivity index (χ3n) is 2.64. The number of carbonyl (C=O) groups is 1. The molecule has 0 fully saturated rings. The van der Waals surface area contributed by atoms with Gasteiger partial charge in [0.05, 0.1) is 38.3 Å². The van der Waals surface area contributed by atoms with Crippen LogP contribution in [0, 0.1) is 0 Å². The molecular weight excluding hydrogens is 246 g/mol. The molecule has 1 aromatic carbocycles. The van der Waals surface area contributed by atoms with E-state index >= 15 is 0 Å². The highest BCUT2D eigenvalue weighted by Gasteiger charge is 2.15. The van der Waals surface area contributed by atoms with Gasteiger partial charge in [0.25, 0.3) is 5.91 Å². The summed E-state index contributed by atoms with van der Waals surface area (Å²) in [6, 6.07) is 5.17. The number of imidazole rings is 1. The lowest BCUT2D eigenvalue weighted by Crippen LogP contribution is -2.23. The molecule has 0 radical (unpaired) electrons. The van der Waals surface area contributed by atoms with Crippen LogP contribution in [0.5, 0.6) is 11.5 Å². The molecule has 1 amide bonds. The van der Waals surface area contributed by atoms with E-state index in [0.717, 1.165) is 5.69 Å². The molecule has 19 heavy (non-hydrogen) atoms. The normalized spacial score (nSPS) is 10.0. The summed E-state index contributed by atoms with van der Waals surface area (Å²) in [5.41, 5.74) is 1.26. The summed E-state index contributed by atoms with van der Waals surface area (Å²) in [5.74, 6) is 0.717. The number of methoxy groups -OCH3 is 2. The first-order chi connectivity index (χ1) is 9.26. The molecule has 0 aliphatic rings. The molecule has 6 nitrogen and oxygen atoms in total. The second-order valence-electron chi connectivity index (χ2n) is 3.80. The predicted octanol–water partition coefficient (Wildman–Crippen LogP) is 1.36. The molecule has 1 aromatic heterocycles. The Balaban J connectivity index is 2.14. The van der Waals surface area contributed by atoms with Gasteiger partial charge in [-0.2, -0.15) is 0 Å². The quantitative estimate of drug-likeness (QED) is 0.852. The Kier molecular flexibility index (Phi) is 4.02. The van der Waals surface area contributed by atoms with Gasteiger partial charge in [0, 0.05) is 6.20 Å². The van der Waals surface area contributed by atoms with Gasteiger partial charge < -0.3 is 19.8 Å². The maximum absolute atomic E-state index is 12.1. The van der Waals surface area contributed by atoms with Crippen molar-refractivity contribution in [2.75, 3.05) is 14.2 Å². The molecule has 6 heteroatoms. The van der Waals surface area contributed by atoms with Crippen molar-refractivity contribution in [3.8, 4) is 11.5 Å². The van der Waals surface area contributed by atoms with Gasteiger partial charge in [-0.1, -0.05) is 6.07 Å². The van der Waals surface area contributed by atoms with E-state index in [9.17, 15) is 4.79 Å². The number of hydrogen-bond acceptors (Lipinski definition) is 4. The third-order valence-corrected chi connectivity index (χ3v) is 2.64. The van der Waals surface area contributed by atoms with Gasteiger partial charge in [0.1, 0.15) is 0 Å².